The molecule has 0 atom stereocenters. The molecule has 1 N–H and O–H groups in total. The lowest BCUT2D eigenvalue weighted by Crippen LogP contribution is -2.02. The summed E-state index contributed by atoms with van der Waals surface area (Å²) >= 11 is 11.9. The summed E-state index contributed by atoms with van der Waals surface area (Å²) < 4.78 is 13.5. The zero-order valence-corrected chi connectivity index (χ0v) is 11.3. The molecule has 0 aromatic heterocycles. The lowest BCUT2D eigenvalue weighted by Gasteiger charge is -2.10. The van der Waals surface area contributed by atoms with E-state index in [1.54, 1.807) is 6.07 Å². The predicted molar refractivity (Wildman–Crippen MR) is 74.9 cm³/mol. The molecule has 0 aliphatic heterocycles. The number of hydrogen-bond donors (Lipinski definition) is 1. The molecule has 18 heavy (non-hydrogen) atoms. The summed E-state index contributed by atoms with van der Waals surface area (Å²) in [6.07, 6.45) is 0. The smallest absolute Gasteiger partial charge is 0.128 e. The van der Waals surface area contributed by atoms with Crippen LogP contribution in [0.15, 0.2) is 36.4 Å². The number of halogens is 3. The van der Waals surface area contributed by atoms with Gasteiger partial charge in [0.05, 0.1) is 10.7 Å². The van der Waals surface area contributed by atoms with E-state index in [0.29, 0.717) is 22.2 Å². The monoisotopic (exact) mass is 283 g/mol. The molecule has 2 aromatic carbocycles. The topological polar surface area (TPSA) is 12.0 Å². The Balaban J connectivity index is 2.16. The van der Waals surface area contributed by atoms with Crippen LogP contribution in [0, 0.1) is 12.7 Å². The summed E-state index contributed by atoms with van der Waals surface area (Å²) in [6.45, 7) is 2.32. The molecule has 0 heterocycles. The highest BCUT2D eigenvalue weighted by molar-refractivity contribution is 6.33. The van der Waals surface area contributed by atoms with Crippen LogP contribution >= 0.6 is 23.2 Å². The Morgan fingerprint density at radius 2 is 1.89 bits per heavy atom. The maximum Gasteiger partial charge on any atom is 0.128 e. The van der Waals surface area contributed by atoms with Crippen molar-refractivity contribution in [1.29, 1.82) is 0 Å². The summed E-state index contributed by atoms with van der Waals surface area (Å²) in [7, 11) is 0. The first-order chi connectivity index (χ1) is 8.56. The van der Waals surface area contributed by atoms with E-state index < -0.39 is 0 Å². The van der Waals surface area contributed by atoms with E-state index >= 15 is 0 Å². The predicted octanol–water partition coefficient (Wildman–Crippen LogP) is 5.05. The van der Waals surface area contributed by atoms with Gasteiger partial charge in [0.2, 0.25) is 0 Å². The van der Waals surface area contributed by atoms with Gasteiger partial charge in [-0.1, -0.05) is 29.3 Å². The molecule has 0 saturated carbocycles. The van der Waals surface area contributed by atoms with Crippen molar-refractivity contribution in [2.75, 3.05) is 5.32 Å². The Morgan fingerprint density at radius 1 is 1.11 bits per heavy atom. The fourth-order valence-electron chi connectivity index (χ4n) is 1.64. The van der Waals surface area contributed by atoms with Gasteiger partial charge < -0.3 is 5.32 Å². The largest absolute Gasteiger partial charge is 0.380 e. The van der Waals surface area contributed by atoms with Gasteiger partial charge in [-0.3, -0.25) is 0 Å². The van der Waals surface area contributed by atoms with Gasteiger partial charge in [0, 0.05) is 17.1 Å². The van der Waals surface area contributed by atoms with E-state index in [0.717, 1.165) is 11.3 Å². The van der Waals surface area contributed by atoms with Gasteiger partial charge in [-0.25, -0.2) is 4.39 Å². The van der Waals surface area contributed by atoms with Crippen LogP contribution in [0.1, 0.15) is 11.1 Å². The third-order valence-electron chi connectivity index (χ3n) is 2.60. The molecule has 2 rings (SSSR count). The van der Waals surface area contributed by atoms with Gasteiger partial charge >= 0.3 is 0 Å². The zero-order valence-electron chi connectivity index (χ0n) is 9.81. The summed E-state index contributed by atoms with van der Waals surface area (Å²) in [5, 5.41) is 4.24. The van der Waals surface area contributed by atoms with Crippen LogP contribution < -0.4 is 5.32 Å². The van der Waals surface area contributed by atoms with Crippen LogP contribution in [-0.2, 0) is 6.54 Å². The Kier molecular flexibility index (Phi) is 4.10. The molecule has 0 saturated heterocycles. The second kappa shape index (κ2) is 5.59. The molecule has 2 aromatic rings. The van der Waals surface area contributed by atoms with Crippen molar-refractivity contribution in [3.8, 4) is 0 Å². The molecular formula is C14H12Cl2FN. The number of rotatable bonds is 3. The van der Waals surface area contributed by atoms with Crippen LogP contribution in [0.3, 0.4) is 0 Å². The molecule has 4 heteroatoms. The van der Waals surface area contributed by atoms with Crippen molar-refractivity contribution >= 4 is 28.9 Å². The Hall–Kier alpha value is -1.25. The minimum Gasteiger partial charge on any atom is -0.380 e. The van der Waals surface area contributed by atoms with E-state index in [1.807, 2.05) is 25.1 Å². The van der Waals surface area contributed by atoms with Crippen molar-refractivity contribution in [2.45, 2.75) is 13.5 Å². The SMILES string of the molecule is Cc1ccc(Cl)c(NCc2cc(Cl)ccc2F)c1. The molecule has 0 unspecified atom stereocenters. The number of anilines is 1. The standard InChI is InChI=1S/C14H12Cl2FN/c1-9-2-4-12(16)14(6-9)18-8-10-7-11(15)3-5-13(10)17/h2-7,18H,8H2,1H3. The van der Waals surface area contributed by atoms with Crippen molar-refractivity contribution in [2.24, 2.45) is 0 Å². The maximum atomic E-state index is 13.5. The second-order valence-corrected chi connectivity index (χ2v) is 4.92. The first-order valence-electron chi connectivity index (χ1n) is 5.50. The fraction of sp³-hybridized carbons (Fsp3) is 0.143. The van der Waals surface area contributed by atoms with Crippen LogP contribution in [0.25, 0.3) is 0 Å². The number of benzene rings is 2. The highest BCUT2D eigenvalue weighted by atomic mass is 35.5. The number of nitrogens with one attached hydrogen (secondary N) is 1. The molecule has 0 aliphatic rings. The van der Waals surface area contributed by atoms with E-state index in [2.05, 4.69) is 5.32 Å². The number of aryl methyl sites for hydroxylation is 1. The van der Waals surface area contributed by atoms with Crippen molar-refractivity contribution in [1.82, 2.24) is 0 Å². The second-order valence-electron chi connectivity index (χ2n) is 4.07. The van der Waals surface area contributed by atoms with Crippen LogP contribution in [-0.4, -0.2) is 0 Å². The van der Waals surface area contributed by atoms with E-state index in [1.165, 1.54) is 12.1 Å². The normalized spacial score (nSPS) is 10.4. The Labute approximate surface area is 116 Å². The summed E-state index contributed by atoms with van der Waals surface area (Å²) in [6, 6.07) is 10.1. The van der Waals surface area contributed by atoms with Crippen LogP contribution in [0.2, 0.25) is 10.0 Å². The van der Waals surface area contributed by atoms with Gasteiger partial charge in [-0.05, 0) is 42.8 Å². The van der Waals surface area contributed by atoms with Crippen LogP contribution in [0.5, 0.6) is 0 Å². The van der Waals surface area contributed by atoms with Crippen LogP contribution in [0.4, 0.5) is 10.1 Å². The third-order valence-corrected chi connectivity index (χ3v) is 3.16. The average molecular weight is 284 g/mol. The Bertz CT molecular complexity index is 518. The molecule has 0 spiro atoms. The van der Waals surface area contributed by atoms with Crippen molar-refractivity contribution in [3.05, 3.63) is 63.4 Å². The molecule has 0 radical (unpaired) electrons. The minimum atomic E-state index is -0.282. The first-order valence-corrected chi connectivity index (χ1v) is 6.26. The lowest BCUT2D eigenvalue weighted by molar-refractivity contribution is 0.613. The Morgan fingerprint density at radius 3 is 2.67 bits per heavy atom. The highest BCUT2D eigenvalue weighted by Gasteiger charge is 2.05. The van der Waals surface area contributed by atoms with Crippen molar-refractivity contribution in [3.63, 3.8) is 0 Å². The average Bonchev–Trinajstić information content (AvgIpc) is 2.34. The van der Waals surface area contributed by atoms with Gasteiger partial charge in [-0.15, -0.1) is 0 Å². The molecule has 0 bridgehead atoms. The van der Waals surface area contributed by atoms with E-state index in [9.17, 15) is 4.39 Å². The fourth-order valence-corrected chi connectivity index (χ4v) is 2.02. The molecule has 1 nitrogen and oxygen atoms in total. The summed E-state index contributed by atoms with van der Waals surface area (Å²) in [4.78, 5) is 0. The van der Waals surface area contributed by atoms with Gasteiger partial charge in [0.25, 0.3) is 0 Å². The van der Waals surface area contributed by atoms with E-state index in [-0.39, 0.29) is 5.82 Å². The van der Waals surface area contributed by atoms with Crippen molar-refractivity contribution < 1.29 is 4.39 Å². The first kappa shape index (κ1) is 13.2. The van der Waals surface area contributed by atoms with E-state index in [4.69, 9.17) is 23.2 Å². The maximum absolute atomic E-state index is 13.5. The quantitative estimate of drug-likeness (QED) is 0.831. The van der Waals surface area contributed by atoms with Gasteiger partial charge in [-0.2, -0.15) is 0 Å². The number of hydrogen-bond acceptors (Lipinski definition) is 1. The summed E-state index contributed by atoms with van der Waals surface area (Å²) in [5.74, 6) is -0.282. The molecular weight excluding hydrogens is 272 g/mol. The molecule has 94 valence electrons. The third kappa shape index (κ3) is 3.15. The molecule has 0 fully saturated rings. The van der Waals surface area contributed by atoms with Gasteiger partial charge in [0.15, 0.2) is 0 Å². The molecule has 0 aliphatic carbocycles. The van der Waals surface area contributed by atoms with Gasteiger partial charge in [0.1, 0.15) is 5.82 Å². The zero-order chi connectivity index (χ0) is 13.1. The lowest BCUT2D eigenvalue weighted by atomic mass is 10.2. The summed E-state index contributed by atoms with van der Waals surface area (Å²) in [5.41, 5.74) is 2.39. The molecule has 0 amide bonds. The highest BCUT2D eigenvalue weighted by Crippen LogP contribution is 2.24. The minimum absolute atomic E-state index is 0.282.